The number of aromatic nitrogens is 1. The summed E-state index contributed by atoms with van der Waals surface area (Å²) in [6.45, 7) is 2.15. The minimum atomic E-state index is -0.0560. The largest absolute Gasteiger partial charge is 0.373 e. The third-order valence-electron chi connectivity index (χ3n) is 4.21. The average molecular weight is 275 g/mol. The van der Waals surface area contributed by atoms with Gasteiger partial charge in [-0.15, -0.1) is 0 Å². The van der Waals surface area contributed by atoms with Crippen molar-refractivity contribution in [2.24, 2.45) is 5.92 Å². The summed E-state index contributed by atoms with van der Waals surface area (Å²) in [5.41, 5.74) is 0.492. The summed E-state index contributed by atoms with van der Waals surface area (Å²) in [6, 6.07) is 5.76. The average Bonchev–Trinajstić information content (AvgIpc) is 2.53. The van der Waals surface area contributed by atoms with Gasteiger partial charge in [-0.3, -0.25) is 4.79 Å². The first kappa shape index (κ1) is 14.8. The molecule has 1 amide bonds. The lowest BCUT2D eigenvalue weighted by Crippen LogP contribution is -2.41. The van der Waals surface area contributed by atoms with Crippen molar-refractivity contribution in [2.45, 2.75) is 51.5 Å². The Balaban J connectivity index is 2.00. The van der Waals surface area contributed by atoms with E-state index in [1.54, 1.807) is 13.1 Å². The third-order valence-corrected chi connectivity index (χ3v) is 4.21. The highest BCUT2D eigenvalue weighted by Gasteiger charge is 2.24. The monoisotopic (exact) mass is 275 g/mol. The second kappa shape index (κ2) is 7.27. The van der Waals surface area contributed by atoms with Gasteiger partial charge in [0.15, 0.2) is 0 Å². The Morgan fingerprint density at radius 1 is 1.35 bits per heavy atom. The van der Waals surface area contributed by atoms with Gasteiger partial charge in [-0.1, -0.05) is 32.3 Å². The normalized spacial score (nSPS) is 17.5. The highest BCUT2D eigenvalue weighted by molar-refractivity contribution is 5.92. The molecule has 0 saturated heterocycles. The summed E-state index contributed by atoms with van der Waals surface area (Å²) in [7, 11) is 1.81. The number of carbonyl (C=O) groups excluding carboxylic acids is 1. The van der Waals surface area contributed by atoms with Gasteiger partial charge in [-0.05, 0) is 37.3 Å². The van der Waals surface area contributed by atoms with Crippen molar-refractivity contribution in [2.75, 3.05) is 12.4 Å². The molecule has 1 aromatic rings. The van der Waals surface area contributed by atoms with Crippen molar-refractivity contribution < 1.29 is 4.79 Å². The first-order chi connectivity index (χ1) is 9.74. The first-order valence-electron chi connectivity index (χ1n) is 7.70. The zero-order valence-electron chi connectivity index (χ0n) is 12.5. The number of carbonyl (C=O) groups is 1. The lowest BCUT2D eigenvalue weighted by Gasteiger charge is -2.30. The van der Waals surface area contributed by atoms with Crippen molar-refractivity contribution in [1.82, 2.24) is 10.3 Å². The van der Waals surface area contributed by atoms with Crippen molar-refractivity contribution in [3.8, 4) is 0 Å². The van der Waals surface area contributed by atoms with Crippen LogP contribution in [0.5, 0.6) is 0 Å². The Morgan fingerprint density at radius 3 is 2.75 bits per heavy atom. The molecule has 1 fully saturated rings. The van der Waals surface area contributed by atoms with Crippen molar-refractivity contribution in [3.63, 3.8) is 0 Å². The molecular weight excluding hydrogens is 250 g/mol. The molecule has 1 saturated carbocycles. The Bertz CT molecular complexity index is 441. The number of nitrogens with zero attached hydrogens (tertiary/aromatic N) is 1. The van der Waals surface area contributed by atoms with Crippen LogP contribution in [0.4, 0.5) is 5.82 Å². The molecule has 1 aromatic heterocycles. The molecule has 1 heterocycles. The second-order valence-corrected chi connectivity index (χ2v) is 5.54. The Hall–Kier alpha value is -1.58. The van der Waals surface area contributed by atoms with Gasteiger partial charge in [-0.25, -0.2) is 4.98 Å². The smallest absolute Gasteiger partial charge is 0.270 e. The van der Waals surface area contributed by atoms with E-state index in [0.717, 1.165) is 12.2 Å². The number of anilines is 1. The molecule has 0 radical (unpaired) electrons. The van der Waals surface area contributed by atoms with E-state index in [0.29, 0.717) is 11.6 Å². The molecule has 0 aliphatic heterocycles. The highest BCUT2D eigenvalue weighted by Crippen LogP contribution is 2.27. The van der Waals surface area contributed by atoms with Gasteiger partial charge in [0.1, 0.15) is 11.5 Å². The minimum absolute atomic E-state index is 0.0560. The number of hydrogen-bond acceptors (Lipinski definition) is 3. The van der Waals surface area contributed by atoms with Crippen LogP contribution in [0, 0.1) is 5.92 Å². The molecule has 0 bridgehead atoms. The van der Waals surface area contributed by atoms with Crippen molar-refractivity contribution >= 4 is 11.7 Å². The molecular formula is C16H25N3O. The number of rotatable bonds is 5. The van der Waals surface area contributed by atoms with E-state index >= 15 is 0 Å². The lowest BCUT2D eigenvalue weighted by molar-refractivity contribution is 0.0906. The summed E-state index contributed by atoms with van der Waals surface area (Å²) in [5.74, 6) is 1.30. The molecule has 0 spiro atoms. The standard InChI is InChI=1S/C16H25N3O/c1-3-13(12-8-5-4-6-9-12)19-16(20)14-10-7-11-15(17-2)18-14/h7,10-13H,3-6,8-9H2,1-2H3,(H,17,18)(H,19,20). The predicted molar refractivity (Wildman–Crippen MR) is 81.9 cm³/mol. The molecule has 4 heteroatoms. The topological polar surface area (TPSA) is 54.0 Å². The summed E-state index contributed by atoms with van der Waals surface area (Å²) < 4.78 is 0. The van der Waals surface area contributed by atoms with Gasteiger partial charge in [0.2, 0.25) is 0 Å². The summed E-state index contributed by atoms with van der Waals surface area (Å²) in [6.07, 6.45) is 7.40. The predicted octanol–water partition coefficient (Wildman–Crippen LogP) is 3.21. The van der Waals surface area contributed by atoms with E-state index < -0.39 is 0 Å². The van der Waals surface area contributed by atoms with Gasteiger partial charge in [0.25, 0.3) is 5.91 Å². The number of pyridine rings is 1. The molecule has 1 aliphatic carbocycles. The molecule has 4 nitrogen and oxygen atoms in total. The maximum atomic E-state index is 12.3. The van der Waals surface area contributed by atoms with E-state index in [4.69, 9.17) is 0 Å². The SMILES string of the molecule is CCC(NC(=O)c1cccc(NC)n1)C1CCCCC1. The molecule has 0 aromatic carbocycles. The van der Waals surface area contributed by atoms with Crippen LogP contribution in [0.15, 0.2) is 18.2 Å². The molecule has 20 heavy (non-hydrogen) atoms. The van der Waals surface area contributed by atoms with E-state index in [1.807, 2.05) is 12.1 Å². The fraction of sp³-hybridized carbons (Fsp3) is 0.625. The van der Waals surface area contributed by atoms with Gasteiger partial charge in [0, 0.05) is 13.1 Å². The Kier molecular flexibility index (Phi) is 5.39. The summed E-state index contributed by atoms with van der Waals surface area (Å²) in [5, 5.41) is 6.14. The minimum Gasteiger partial charge on any atom is -0.373 e. The number of nitrogens with one attached hydrogen (secondary N) is 2. The Morgan fingerprint density at radius 2 is 2.10 bits per heavy atom. The second-order valence-electron chi connectivity index (χ2n) is 5.54. The molecule has 2 rings (SSSR count). The molecule has 2 N–H and O–H groups in total. The van der Waals surface area contributed by atoms with Crippen LogP contribution in [0.25, 0.3) is 0 Å². The van der Waals surface area contributed by atoms with Crippen molar-refractivity contribution in [3.05, 3.63) is 23.9 Å². The van der Waals surface area contributed by atoms with E-state index in [-0.39, 0.29) is 11.9 Å². The van der Waals surface area contributed by atoms with Gasteiger partial charge >= 0.3 is 0 Å². The number of amides is 1. The summed E-state index contributed by atoms with van der Waals surface area (Å²) >= 11 is 0. The fourth-order valence-electron chi connectivity index (χ4n) is 3.03. The van der Waals surface area contributed by atoms with Gasteiger partial charge in [0.05, 0.1) is 0 Å². The number of hydrogen-bond donors (Lipinski definition) is 2. The van der Waals surface area contributed by atoms with E-state index in [1.165, 1.54) is 32.1 Å². The zero-order chi connectivity index (χ0) is 14.4. The third kappa shape index (κ3) is 3.71. The van der Waals surface area contributed by atoms with Crippen LogP contribution in [0.1, 0.15) is 55.9 Å². The van der Waals surface area contributed by atoms with Crippen LogP contribution < -0.4 is 10.6 Å². The molecule has 110 valence electrons. The maximum absolute atomic E-state index is 12.3. The summed E-state index contributed by atoms with van der Waals surface area (Å²) in [4.78, 5) is 16.6. The lowest BCUT2D eigenvalue weighted by atomic mass is 9.83. The van der Waals surface area contributed by atoms with Crippen LogP contribution in [-0.4, -0.2) is 24.0 Å². The quantitative estimate of drug-likeness (QED) is 0.867. The molecule has 1 aliphatic rings. The maximum Gasteiger partial charge on any atom is 0.270 e. The van der Waals surface area contributed by atoms with E-state index in [9.17, 15) is 4.79 Å². The van der Waals surface area contributed by atoms with E-state index in [2.05, 4.69) is 22.5 Å². The van der Waals surface area contributed by atoms with Gasteiger partial charge in [-0.2, -0.15) is 0 Å². The van der Waals surface area contributed by atoms with Crippen molar-refractivity contribution in [1.29, 1.82) is 0 Å². The fourth-order valence-corrected chi connectivity index (χ4v) is 3.03. The van der Waals surface area contributed by atoms with Crippen LogP contribution >= 0.6 is 0 Å². The Labute approximate surface area is 121 Å². The molecule has 1 unspecified atom stereocenters. The van der Waals surface area contributed by atoms with Crippen LogP contribution in [0.2, 0.25) is 0 Å². The molecule has 1 atom stereocenters. The highest BCUT2D eigenvalue weighted by atomic mass is 16.1. The van der Waals surface area contributed by atoms with Crippen LogP contribution in [-0.2, 0) is 0 Å². The zero-order valence-corrected chi connectivity index (χ0v) is 12.5. The van der Waals surface area contributed by atoms with Crippen LogP contribution in [0.3, 0.4) is 0 Å². The van der Waals surface area contributed by atoms with Gasteiger partial charge < -0.3 is 10.6 Å². The first-order valence-corrected chi connectivity index (χ1v) is 7.70.